The average molecular weight is 247 g/mol. The highest BCUT2D eigenvalue weighted by atomic mass is 35.5. The molecule has 0 bridgehead atoms. The number of pyridine rings is 1. The number of benzene rings is 1. The third kappa shape index (κ3) is 1.72. The molecule has 3 rings (SSSR count). The molecule has 0 unspecified atom stereocenters. The van der Waals surface area contributed by atoms with Crippen molar-refractivity contribution in [1.29, 1.82) is 0 Å². The lowest BCUT2D eigenvalue weighted by molar-refractivity contribution is 0.225. The minimum absolute atomic E-state index is 0.426. The van der Waals surface area contributed by atoms with Crippen LogP contribution in [0.15, 0.2) is 36.7 Å². The van der Waals surface area contributed by atoms with E-state index >= 15 is 0 Å². The molecule has 0 saturated heterocycles. The number of carbonyl (C=O) groups excluding carboxylic acids is 1. The van der Waals surface area contributed by atoms with Crippen LogP contribution in [0.5, 0.6) is 5.75 Å². The molecule has 17 heavy (non-hydrogen) atoms. The van der Waals surface area contributed by atoms with E-state index in [0.717, 1.165) is 21.8 Å². The molecule has 0 aliphatic rings. The molecule has 3 aromatic rings. The van der Waals surface area contributed by atoms with Gasteiger partial charge in [-0.1, -0.05) is 0 Å². The maximum atomic E-state index is 10.7. The Kier molecular flexibility index (Phi) is 2.23. The molecule has 0 fully saturated rings. The monoisotopic (exact) mass is 246 g/mol. The molecule has 0 aliphatic carbocycles. The Labute approximate surface area is 101 Å². The zero-order chi connectivity index (χ0) is 11.8. The summed E-state index contributed by atoms with van der Waals surface area (Å²) in [7, 11) is 0. The third-order valence-electron chi connectivity index (χ3n) is 2.57. The van der Waals surface area contributed by atoms with Crippen LogP contribution >= 0.6 is 11.6 Å². The lowest BCUT2D eigenvalue weighted by Gasteiger charge is -1.99. The van der Waals surface area contributed by atoms with Crippen LogP contribution in [-0.4, -0.2) is 15.4 Å². The second kappa shape index (κ2) is 3.75. The molecule has 84 valence electrons. The number of nitrogens with zero attached hydrogens (tertiary/aromatic N) is 1. The van der Waals surface area contributed by atoms with Gasteiger partial charge in [0.05, 0.1) is 11.7 Å². The van der Waals surface area contributed by atoms with E-state index in [9.17, 15) is 4.79 Å². The Hall–Kier alpha value is -2.07. The number of aromatic amines is 1. The highest BCUT2D eigenvalue weighted by molar-refractivity contribution is 6.61. The summed E-state index contributed by atoms with van der Waals surface area (Å²) in [5.41, 5.74) is 1.06. The van der Waals surface area contributed by atoms with Crippen molar-refractivity contribution in [2.24, 2.45) is 0 Å². The second-order valence-electron chi connectivity index (χ2n) is 3.59. The predicted octanol–water partition coefficient (Wildman–Crippen LogP) is 3.45. The highest BCUT2D eigenvalue weighted by Crippen LogP contribution is 2.28. The number of carbonyl (C=O) groups is 1. The molecular weight excluding hydrogens is 240 g/mol. The quantitative estimate of drug-likeness (QED) is 0.669. The first kappa shape index (κ1) is 10.1. The van der Waals surface area contributed by atoms with Gasteiger partial charge in [0.2, 0.25) is 0 Å². The van der Waals surface area contributed by atoms with E-state index in [1.165, 1.54) is 0 Å². The van der Waals surface area contributed by atoms with Gasteiger partial charge in [0.25, 0.3) is 0 Å². The fourth-order valence-corrected chi connectivity index (χ4v) is 1.97. The summed E-state index contributed by atoms with van der Waals surface area (Å²) in [6, 6.07) is 7.20. The minimum atomic E-state index is -0.842. The molecule has 2 aromatic heterocycles. The average Bonchev–Trinajstić information content (AvgIpc) is 2.66. The van der Waals surface area contributed by atoms with E-state index in [4.69, 9.17) is 16.3 Å². The van der Waals surface area contributed by atoms with Crippen molar-refractivity contribution in [3.63, 3.8) is 0 Å². The number of hydrogen-bond acceptors (Lipinski definition) is 3. The fraction of sp³-hybridized carbons (Fsp3) is 0. The molecule has 2 heterocycles. The normalized spacial score (nSPS) is 10.9. The van der Waals surface area contributed by atoms with E-state index in [1.807, 2.05) is 12.1 Å². The van der Waals surface area contributed by atoms with Crippen molar-refractivity contribution < 1.29 is 9.53 Å². The lowest BCUT2D eigenvalue weighted by Crippen LogP contribution is -1.95. The summed E-state index contributed by atoms with van der Waals surface area (Å²) in [6.45, 7) is 0. The van der Waals surface area contributed by atoms with Crippen molar-refractivity contribution in [3.8, 4) is 5.75 Å². The number of fused-ring (bicyclic) bond motifs is 3. The van der Waals surface area contributed by atoms with E-state index < -0.39 is 5.43 Å². The van der Waals surface area contributed by atoms with Gasteiger partial charge >= 0.3 is 5.43 Å². The first-order valence-corrected chi connectivity index (χ1v) is 5.34. The molecule has 0 radical (unpaired) electrons. The van der Waals surface area contributed by atoms with Gasteiger partial charge in [0.1, 0.15) is 5.75 Å². The van der Waals surface area contributed by atoms with Crippen molar-refractivity contribution in [3.05, 3.63) is 36.7 Å². The molecule has 0 saturated carbocycles. The summed E-state index contributed by atoms with van der Waals surface area (Å²) < 4.78 is 4.84. The zero-order valence-corrected chi connectivity index (χ0v) is 9.36. The van der Waals surface area contributed by atoms with Crippen LogP contribution in [0.25, 0.3) is 21.8 Å². The number of hydrogen-bond donors (Lipinski definition) is 1. The summed E-state index contributed by atoms with van der Waals surface area (Å²) in [5.74, 6) is 0.426. The van der Waals surface area contributed by atoms with E-state index in [-0.39, 0.29) is 0 Å². The standard InChI is InChI=1S/C12H7ClN2O2/c13-12(16)17-7-1-2-10-9(5-7)8-3-4-14-6-11(8)15-10/h1-6,15H. The van der Waals surface area contributed by atoms with Crippen molar-refractivity contribution >= 4 is 38.8 Å². The predicted molar refractivity (Wildman–Crippen MR) is 65.5 cm³/mol. The molecule has 4 nitrogen and oxygen atoms in total. The van der Waals surface area contributed by atoms with Crippen molar-refractivity contribution in [2.75, 3.05) is 0 Å². The topological polar surface area (TPSA) is 55.0 Å². The number of nitrogens with one attached hydrogen (secondary N) is 1. The number of H-pyrrole nitrogens is 1. The van der Waals surface area contributed by atoms with Crippen LogP contribution in [0.4, 0.5) is 4.79 Å². The Morgan fingerprint density at radius 3 is 2.94 bits per heavy atom. The third-order valence-corrected chi connectivity index (χ3v) is 2.65. The van der Waals surface area contributed by atoms with Crippen molar-refractivity contribution in [2.45, 2.75) is 0 Å². The van der Waals surface area contributed by atoms with Gasteiger partial charge in [-0.05, 0) is 24.3 Å². The van der Waals surface area contributed by atoms with E-state index in [2.05, 4.69) is 9.97 Å². The van der Waals surface area contributed by atoms with Crippen LogP contribution in [0, 0.1) is 0 Å². The van der Waals surface area contributed by atoms with Gasteiger partial charge in [-0.2, -0.15) is 0 Å². The molecule has 5 heteroatoms. The van der Waals surface area contributed by atoms with Crippen LogP contribution < -0.4 is 4.74 Å². The Morgan fingerprint density at radius 1 is 1.24 bits per heavy atom. The van der Waals surface area contributed by atoms with Crippen LogP contribution in [-0.2, 0) is 0 Å². The number of halogens is 1. The molecule has 0 amide bonds. The minimum Gasteiger partial charge on any atom is -0.414 e. The maximum absolute atomic E-state index is 10.7. The first-order chi connectivity index (χ1) is 8.24. The largest absolute Gasteiger partial charge is 0.414 e. The number of ether oxygens (including phenoxy) is 1. The van der Waals surface area contributed by atoms with Gasteiger partial charge in [-0.25, -0.2) is 4.79 Å². The molecular formula is C12H7ClN2O2. The summed E-state index contributed by atoms with van der Waals surface area (Å²) in [6.07, 6.45) is 3.47. The molecule has 0 spiro atoms. The van der Waals surface area contributed by atoms with Gasteiger partial charge in [0.15, 0.2) is 0 Å². The molecule has 1 N–H and O–H groups in total. The van der Waals surface area contributed by atoms with Crippen LogP contribution in [0.3, 0.4) is 0 Å². The van der Waals surface area contributed by atoms with Crippen molar-refractivity contribution in [1.82, 2.24) is 9.97 Å². The van der Waals surface area contributed by atoms with Gasteiger partial charge in [0, 0.05) is 34.1 Å². The SMILES string of the molecule is O=C(Cl)Oc1ccc2[nH]c3cnccc3c2c1. The van der Waals surface area contributed by atoms with E-state index in [1.54, 1.807) is 24.5 Å². The Bertz CT molecular complexity index is 721. The van der Waals surface area contributed by atoms with Crippen LogP contribution in [0.2, 0.25) is 0 Å². The molecule has 0 atom stereocenters. The smallest absolute Gasteiger partial charge is 0.409 e. The maximum Gasteiger partial charge on any atom is 0.409 e. The number of rotatable bonds is 1. The summed E-state index contributed by atoms with van der Waals surface area (Å²) >= 11 is 5.18. The Balaban J connectivity index is 2.26. The highest BCUT2D eigenvalue weighted by Gasteiger charge is 2.06. The second-order valence-corrected chi connectivity index (χ2v) is 3.90. The Morgan fingerprint density at radius 2 is 2.12 bits per heavy atom. The fourth-order valence-electron chi connectivity index (χ4n) is 1.89. The zero-order valence-electron chi connectivity index (χ0n) is 8.61. The number of aromatic nitrogens is 2. The molecule has 0 aliphatic heterocycles. The lowest BCUT2D eigenvalue weighted by atomic mass is 10.2. The van der Waals surface area contributed by atoms with E-state index in [0.29, 0.717) is 5.75 Å². The summed E-state index contributed by atoms with van der Waals surface area (Å²) in [4.78, 5) is 17.9. The van der Waals surface area contributed by atoms with Gasteiger partial charge in [-0.3, -0.25) is 4.98 Å². The summed E-state index contributed by atoms with van der Waals surface area (Å²) in [5, 5.41) is 2.00. The van der Waals surface area contributed by atoms with Crippen LogP contribution in [0.1, 0.15) is 0 Å². The van der Waals surface area contributed by atoms with Gasteiger partial charge < -0.3 is 9.72 Å². The molecule has 1 aromatic carbocycles. The first-order valence-electron chi connectivity index (χ1n) is 4.97. The van der Waals surface area contributed by atoms with Gasteiger partial charge in [-0.15, -0.1) is 0 Å².